The Morgan fingerprint density at radius 2 is 1.00 bits per heavy atom. The van der Waals surface area contributed by atoms with Crippen molar-refractivity contribution in [2.24, 2.45) is 0 Å². The fraction of sp³-hybridized carbons (Fsp3) is 0. The highest BCUT2D eigenvalue weighted by atomic mass is 14.2. The molecule has 0 amide bonds. The first-order valence-electron chi connectivity index (χ1n) is 16.8. The molecule has 8 rings (SSSR count). The quantitative estimate of drug-likeness (QED) is 0.206. The van der Waals surface area contributed by atoms with E-state index in [0.29, 0.717) is 27.5 Å². The van der Waals surface area contributed by atoms with E-state index in [1.807, 2.05) is 54.6 Å². The summed E-state index contributed by atoms with van der Waals surface area (Å²) in [6.07, 6.45) is 0. The van der Waals surface area contributed by atoms with Gasteiger partial charge in [0.1, 0.15) is 0 Å². The van der Waals surface area contributed by atoms with E-state index in [1.165, 1.54) is 12.1 Å². The molecule has 0 bridgehead atoms. The summed E-state index contributed by atoms with van der Waals surface area (Å²) in [4.78, 5) is 0. The molecule has 186 valence electrons. The fourth-order valence-corrected chi connectivity index (χ4v) is 6.03. The molecule has 0 aromatic heterocycles. The molecule has 0 fully saturated rings. The lowest BCUT2D eigenvalue weighted by atomic mass is 9.84. The van der Waals surface area contributed by atoms with Gasteiger partial charge >= 0.3 is 0 Å². The smallest absolute Gasteiger partial charge is 0.0622 e. The van der Waals surface area contributed by atoms with Crippen LogP contribution in [0.2, 0.25) is 0 Å². The Labute approximate surface area is 243 Å². The van der Waals surface area contributed by atoms with E-state index in [4.69, 9.17) is 8.22 Å². The predicted octanol–water partition coefficient (Wildman–Crippen LogP) is 11.3. The van der Waals surface area contributed by atoms with Crippen LogP contribution in [-0.4, -0.2) is 0 Å². The molecule has 0 heterocycles. The van der Waals surface area contributed by atoms with Gasteiger partial charge in [0.15, 0.2) is 0 Å². The average Bonchev–Trinajstić information content (AvgIpc) is 3.09. The Hall–Kier alpha value is -5.20. The summed E-state index contributed by atoms with van der Waals surface area (Å²) in [6, 6.07) is 36.2. The first kappa shape index (κ1) is 16.7. The van der Waals surface area contributed by atoms with E-state index in [9.17, 15) is 1.37 Å². The molecule has 0 radical (unpaired) electrons. The molecule has 0 nitrogen and oxygen atoms in total. The summed E-state index contributed by atoms with van der Waals surface area (Å²) in [5.74, 6) is 0. The second-order valence-corrected chi connectivity index (χ2v) is 9.95. The average molecular weight is 514 g/mol. The van der Waals surface area contributed by atoms with Gasteiger partial charge in [0.25, 0.3) is 0 Å². The highest BCUT2D eigenvalue weighted by Gasteiger charge is 2.18. The molecule has 0 atom stereocenters. The molecule has 0 heteroatoms. The molecule has 0 N–H and O–H groups in total. The van der Waals surface area contributed by atoms with Gasteiger partial charge in [-0.2, -0.15) is 0 Å². The van der Waals surface area contributed by atoms with E-state index >= 15 is 0 Å². The molecule has 0 saturated carbocycles. The zero-order valence-corrected chi connectivity index (χ0v) is 21.5. The summed E-state index contributed by atoms with van der Waals surface area (Å²) >= 11 is 0. The van der Waals surface area contributed by atoms with Gasteiger partial charge in [0, 0.05) is 0 Å². The highest BCUT2D eigenvalue weighted by molar-refractivity contribution is 6.24. The minimum atomic E-state index is -0.365. The standard InChI is InChI=1S/C40H26/c1-2-13-28(14-3-1)39-35-16-6-8-18-37(35)40(38-19-9-7-17-36(38)39)34-23-11-21-32-31(20-10-22-33(32)34)30-25-24-27-12-4-5-15-29(27)26-30/h1-26H/i1D,2D,6D,8D,14D,16D,18D. The molecule has 0 aliphatic heterocycles. The molecule has 0 spiro atoms. The lowest BCUT2D eigenvalue weighted by molar-refractivity contribution is 1.65. The Balaban J connectivity index is 1.53. The van der Waals surface area contributed by atoms with Gasteiger partial charge in [0.2, 0.25) is 0 Å². The van der Waals surface area contributed by atoms with Crippen LogP contribution in [0.1, 0.15) is 9.60 Å². The van der Waals surface area contributed by atoms with E-state index < -0.39 is 0 Å². The first-order valence-corrected chi connectivity index (χ1v) is 13.3. The normalized spacial score (nSPS) is 13.9. The van der Waals surface area contributed by atoms with Crippen LogP contribution in [0.5, 0.6) is 0 Å². The maximum Gasteiger partial charge on any atom is 0.0629 e. The van der Waals surface area contributed by atoms with Crippen molar-refractivity contribution in [3.63, 3.8) is 0 Å². The summed E-state index contributed by atoms with van der Waals surface area (Å²) in [7, 11) is 0. The molecule has 0 saturated heterocycles. The predicted molar refractivity (Wildman–Crippen MR) is 173 cm³/mol. The van der Waals surface area contributed by atoms with Crippen molar-refractivity contribution in [2.45, 2.75) is 0 Å². The number of fused-ring (bicyclic) bond motifs is 4. The van der Waals surface area contributed by atoms with E-state index in [-0.39, 0.29) is 47.7 Å². The lowest BCUT2D eigenvalue weighted by Gasteiger charge is -2.19. The number of hydrogen-bond acceptors (Lipinski definition) is 0. The van der Waals surface area contributed by atoms with Crippen molar-refractivity contribution >= 4 is 43.1 Å². The molecule has 0 unspecified atom stereocenters. The van der Waals surface area contributed by atoms with Crippen LogP contribution in [-0.2, 0) is 0 Å². The van der Waals surface area contributed by atoms with Crippen LogP contribution < -0.4 is 0 Å². The number of rotatable bonds is 3. The molecule has 8 aromatic carbocycles. The third-order valence-corrected chi connectivity index (χ3v) is 7.77. The van der Waals surface area contributed by atoms with Crippen LogP contribution in [0.25, 0.3) is 76.5 Å². The van der Waals surface area contributed by atoms with E-state index in [2.05, 4.69) is 48.5 Å². The van der Waals surface area contributed by atoms with Gasteiger partial charge in [-0.25, -0.2) is 0 Å². The monoisotopic (exact) mass is 513 g/mol. The highest BCUT2D eigenvalue weighted by Crippen LogP contribution is 2.46. The molecular weight excluding hydrogens is 480 g/mol. The summed E-state index contributed by atoms with van der Waals surface area (Å²) in [6.45, 7) is 0. The molecule has 40 heavy (non-hydrogen) atoms. The minimum Gasteiger partial charge on any atom is -0.0622 e. The Bertz CT molecular complexity index is 2610. The number of hydrogen-bond donors (Lipinski definition) is 0. The second kappa shape index (κ2) is 9.22. The summed E-state index contributed by atoms with van der Waals surface area (Å²) in [5.41, 5.74) is 4.45. The van der Waals surface area contributed by atoms with Crippen molar-refractivity contribution in [2.75, 3.05) is 0 Å². The van der Waals surface area contributed by atoms with Crippen molar-refractivity contribution in [3.05, 3.63) is 158 Å². The first-order chi connectivity index (χ1) is 22.7. The zero-order chi connectivity index (χ0) is 32.6. The van der Waals surface area contributed by atoms with Crippen LogP contribution >= 0.6 is 0 Å². The zero-order valence-electron chi connectivity index (χ0n) is 28.5. The Kier molecular flexibility index (Phi) is 3.85. The summed E-state index contributed by atoms with van der Waals surface area (Å²) < 4.78 is 61.0. The van der Waals surface area contributed by atoms with Gasteiger partial charge in [-0.1, -0.05) is 151 Å². The second-order valence-electron chi connectivity index (χ2n) is 9.95. The largest absolute Gasteiger partial charge is 0.0629 e. The van der Waals surface area contributed by atoms with Gasteiger partial charge < -0.3 is 0 Å². The summed E-state index contributed by atoms with van der Waals surface area (Å²) in [5, 5.41) is 6.38. The van der Waals surface area contributed by atoms with Crippen LogP contribution in [0.15, 0.2) is 158 Å². The fourth-order valence-electron chi connectivity index (χ4n) is 6.03. The van der Waals surface area contributed by atoms with E-state index in [0.717, 1.165) is 43.6 Å². The molecule has 8 aromatic rings. The van der Waals surface area contributed by atoms with Gasteiger partial charge in [-0.3, -0.25) is 0 Å². The third-order valence-electron chi connectivity index (χ3n) is 7.77. The Morgan fingerprint density at radius 3 is 1.82 bits per heavy atom. The van der Waals surface area contributed by atoms with Crippen molar-refractivity contribution in [1.29, 1.82) is 0 Å². The third kappa shape index (κ3) is 3.54. The van der Waals surface area contributed by atoms with E-state index in [1.54, 1.807) is 0 Å². The minimum absolute atomic E-state index is 0.0165. The van der Waals surface area contributed by atoms with Crippen LogP contribution in [0.3, 0.4) is 0 Å². The lowest BCUT2D eigenvalue weighted by Crippen LogP contribution is -1.92. The van der Waals surface area contributed by atoms with Gasteiger partial charge in [-0.15, -0.1) is 0 Å². The molecule has 0 aliphatic carbocycles. The van der Waals surface area contributed by atoms with Crippen molar-refractivity contribution in [1.82, 2.24) is 0 Å². The Morgan fingerprint density at radius 1 is 0.350 bits per heavy atom. The number of benzene rings is 8. The topological polar surface area (TPSA) is 0 Å². The maximum atomic E-state index is 9.24. The maximum absolute atomic E-state index is 9.24. The van der Waals surface area contributed by atoms with Crippen LogP contribution in [0, 0.1) is 0 Å². The van der Waals surface area contributed by atoms with Crippen LogP contribution in [0.4, 0.5) is 0 Å². The van der Waals surface area contributed by atoms with Gasteiger partial charge in [0.05, 0.1) is 9.60 Å². The van der Waals surface area contributed by atoms with Gasteiger partial charge in [-0.05, 0) is 82.5 Å². The molecular formula is C40H26. The van der Waals surface area contributed by atoms with Crippen molar-refractivity contribution < 1.29 is 9.60 Å². The SMILES string of the molecule is [2H]c1cc([2H])c(-c2c3ccccc3c(-c3cccc4c(-c5ccc6ccccc6c5)cccc34)c3c([2H])c([2H])c([2H])c([2H])c23)cc1[2H]. The van der Waals surface area contributed by atoms with Crippen molar-refractivity contribution in [3.8, 4) is 33.4 Å². The molecule has 0 aliphatic rings.